The second kappa shape index (κ2) is 8.43. The van der Waals surface area contributed by atoms with E-state index in [0.717, 1.165) is 17.7 Å². The van der Waals surface area contributed by atoms with Gasteiger partial charge in [-0.15, -0.1) is 11.8 Å². The molecule has 0 aliphatic rings. The van der Waals surface area contributed by atoms with Gasteiger partial charge < -0.3 is 4.74 Å². The van der Waals surface area contributed by atoms with Gasteiger partial charge in [-0.2, -0.15) is 0 Å². The smallest absolute Gasteiger partial charge is 0.306 e. The van der Waals surface area contributed by atoms with Crippen molar-refractivity contribution in [3.8, 4) is 0 Å². The molecule has 104 valence electrons. The van der Waals surface area contributed by atoms with E-state index in [-0.39, 0.29) is 5.97 Å². The van der Waals surface area contributed by atoms with Crippen LogP contribution in [0.3, 0.4) is 0 Å². The third-order valence-electron chi connectivity index (χ3n) is 2.78. The van der Waals surface area contributed by atoms with Gasteiger partial charge in [0.1, 0.15) is 6.61 Å². The highest BCUT2D eigenvalue weighted by Gasteiger charge is 2.03. The highest BCUT2D eigenvalue weighted by Crippen LogP contribution is 2.18. The van der Waals surface area contributed by atoms with Crippen LogP contribution in [0.5, 0.6) is 0 Å². The lowest BCUT2D eigenvalue weighted by Gasteiger charge is -2.05. The van der Waals surface area contributed by atoms with Crippen LogP contribution in [0, 0.1) is 0 Å². The van der Waals surface area contributed by atoms with Crippen LogP contribution in [-0.4, -0.2) is 11.7 Å². The van der Waals surface area contributed by atoms with Gasteiger partial charge in [-0.25, -0.2) is 0 Å². The molecule has 0 aliphatic heterocycles. The molecule has 0 radical (unpaired) electrons. The quantitative estimate of drug-likeness (QED) is 0.431. The van der Waals surface area contributed by atoms with Gasteiger partial charge in [0.2, 0.25) is 0 Å². The molecular weight excluding hydrogens is 268 g/mol. The summed E-state index contributed by atoms with van der Waals surface area (Å²) in [7, 11) is 0. The van der Waals surface area contributed by atoms with Gasteiger partial charge in [-0.1, -0.05) is 48.5 Å². The molecule has 0 heterocycles. The van der Waals surface area contributed by atoms with Gasteiger partial charge in [0, 0.05) is 11.3 Å². The van der Waals surface area contributed by atoms with E-state index in [1.54, 1.807) is 11.8 Å². The van der Waals surface area contributed by atoms with E-state index in [4.69, 9.17) is 4.74 Å². The highest BCUT2D eigenvalue weighted by atomic mass is 32.2. The van der Waals surface area contributed by atoms with Crippen LogP contribution in [0.2, 0.25) is 0 Å². The topological polar surface area (TPSA) is 26.3 Å². The zero-order valence-corrected chi connectivity index (χ0v) is 12.1. The number of rotatable bonds is 7. The first-order chi connectivity index (χ1) is 9.84. The minimum absolute atomic E-state index is 0.123. The summed E-state index contributed by atoms with van der Waals surface area (Å²) in [6, 6.07) is 20.0. The second-order valence-corrected chi connectivity index (χ2v) is 5.58. The van der Waals surface area contributed by atoms with E-state index in [9.17, 15) is 4.79 Å². The van der Waals surface area contributed by atoms with Gasteiger partial charge in [0.15, 0.2) is 0 Å². The number of benzene rings is 2. The molecule has 2 aromatic rings. The Morgan fingerprint density at radius 1 is 0.950 bits per heavy atom. The molecule has 0 aromatic heterocycles. The SMILES string of the molecule is O=C(CCCSc1ccccc1)OCc1ccccc1. The Morgan fingerprint density at radius 2 is 1.60 bits per heavy atom. The normalized spacial score (nSPS) is 10.2. The predicted molar refractivity (Wildman–Crippen MR) is 82.6 cm³/mol. The fourth-order valence-corrected chi connectivity index (χ4v) is 2.61. The summed E-state index contributed by atoms with van der Waals surface area (Å²) in [5.41, 5.74) is 1.03. The third kappa shape index (κ3) is 5.49. The van der Waals surface area contributed by atoms with Gasteiger partial charge in [0.25, 0.3) is 0 Å². The second-order valence-electron chi connectivity index (χ2n) is 4.41. The molecule has 0 atom stereocenters. The van der Waals surface area contributed by atoms with Crippen molar-refractivity contribution in [2.24, 2.45) is 0 Å². The lowest BCUT2D eigenvalue weighted by Crippen LogP contribution is -2.04. The average Bonchev–Trinajstić information content (AvgIpc) is 2.52. The molecule has 0 unspecified atom stereocenters. The molecule has 2 rings (SSSR count). The molecule has 3 heteroatoms. The van der Waals surface area contributed by atoms with Crippen molar-refractivity contribution < 1.29 is 9.53 Å². The molecular formula is C17H18O2S. The fourth-order valence-electron chi connectivity index (χ4n) is 1.73. The number of esters is 1. The zero-order chi connectivity index (χ0) is 14.0. The van der Waals surface area contributed by atoms with Crippen molar-refractivity contribution in [2.45, 2.75) is 24.3 Å². The van der Waals surface area contributed by atoms with Gasteiger partial charge in [0.05, 0.1) is 0 Å². The van der Waals surface area contributed by atoms with Crippen LogP contribution in [0.4, 0.5) is 0 Å². The number of hydrogen-bond donors (Lipinski definition) is 0. The summed E-state index contributed by atoms with van der Waals surface area (Å²) in [4.78, 5) is 12.8. The van der Waals surface area contributed by atoms with Crippen molar-refractivity contribution in [1.29, 1.82) is 0 Å². The summed E-state index contributed by atoms with van der Waals surface area (Å²) >= 11 is 1.77. The van der Waals surface area contributed by atoms with Crippen molar-refractivity contribution in [2.75, 3.05) is 5.75 Å². The molecule has 0 aliphatic carbocycles. The molecule has 0 bridgehead atoms. The van der Waals surface area contributed by atoms with Gasteiger partial charge in [-0.05, 0) is 29.9 Å². The molecule has 2 nitrogen and oxygen atoms in total. The molecule has 0 saturated carbocycles. The lowest BCUT2D eigenvalue weighted by molar-refractivity contribution is -0.144. The fraction of sp³-hybridized carbons (Fsp3) is 0.235. The van der Waals surface area contributed by atoms with E-state index in [1.165, 1.54) is 4.90 Å². The van der Waals surface area contributed by atoms with Crippen molar-refractivity contribution in [1.82, 2.24) is 0 Å². The van der Waals surface area contributed by atoms with Crippen molar-refractivity contribution in [3.63, 3.8) is 0 Å². The Balaban J connectivity index is 1.59. The number of hydrogen-bond acceptors (Lipinski definition) is 3. The highest BCUT2D eigenvalue weighted by molar-refractivity contribution is 7.99. The molecule has 0 spiro atoms. The Labute approximate surface area is 124 Å². The van der Waals surface area contributed by atoms with Crippen LogP contribution >= 0.6 is 11.8 Å². The number of ether oxygens (including phenoxy) is 1. The van der Waals surface area contributed by atoms with Gasteiger partial charge in [-0.3, -0.25) is 4.79 Å². The Hall–Kier alpha value is -1.74. The summed E-state index contributed by atoms with van der Waals surface area (Å²) in [6.45, 7) is 0.367. The summed E-state index contributed by atoms with van der Waals surface area (Å²) < 4.78 is 5.23. The molecule has 0 N–H and O–H groups in total. The van der Waals surface area contributed by atoms with E-state index in [1.807, 2.05) is 48.5 Å². The maximum atomic E-state index is 11.6. The Morgan fingerprint density at radius 3 is 2.30 bits per heavy atom. The van der Waals surface area contributed by atoms with E-state index in [2.05, 4.69) is 12.1 Å². The standard InChI is InChI=1S/C17H18O2S/c18-17(19-14-15-8-3-1-4-9-15)12-7-13-20-16-10-5-2-6-11-16/h1-6,8-11H,7,12-14H2. The molecule has 0 saturated heterocycles. The molecule has 0 fully saturated rings. The maximum absolute atomic E-state index is 11.6. The minimum atomic E-state index is -0.123. The van der Waals surface area contributed by atoms with Crippen LogP contribution < -0.4 is 0 Å². The predicted octanol–water partition coefficient (Wildman–Crippen LogP) is 4.30. The van der Waals surface area contributed by atoms with E-state index in [0.29, 0.717) is 13.0 Å². The van der Waals surface area contributed by atoms with Crippen LogP contribution in [-0.2, 0) is 16.1 Å². The molecule has 2 aromatic carbocycles. The van der Waals surface area contributed by atoms with Gasteiger partial charge >= 0.3 is 5.97 Å². The van der Waals surface area contributed by atoms with Crippen molar-refractivity contribution >= 4 is 17.7 Å². The molecule has 0 amide bonds. The zero-order valence-electron chi connectivity index (χ0n) is 11.3. The van der Waals surface area contributed by atoms with E-state index < -0.39 is 0 Å². The first kappa shape index (κ1) is 14.7. The first-order valence-electron chi connectivity index (χ1n) is 6.72. The first-order valence-corrected chi connectivity index (χ1v) is 7.70. The molecule has 20 heavy (non-hydrogen) atoms. The summed E-state index contributed by atoms with van der Waals surface area (Å²) in [6.07, 6.45) is 1.32. The maximum Gasteiger partial charge on any atom is 0.306 e. The summed E-state index contributed by atoms with van der Waals surface area (Å²) in [5.74, 6) is 0.812. The lowest BCUT2D eigenvalue weighted by atomic mass is 10.2. The van der Waals surface area contributed by atoms with E-state index >= 15 is 0 Å². The number of thioether (sulfide) groups is 1. The van der Waals surface area contributed by atoms with Crippen LogP contribution in [0.1, 0.15) is 18.4 Å². The summed E-state index contributed by atoms with van der Waals surface area (Å²) in [5, 5.41) is 0. The number of carbonyl (C=O) groups excluding carboxylic acids is 1. The van der Waals surface area contributed by atoms with Crippen LogP contribution in [0.25, 0.3) is 0 Å². The number of carbonyl (C=O) groups is 1. The third-order valence-corrected chi connectivity index (χ3v) is 3.88. The largest absolute Gasteiger partial charge is 0.461 e. The Bertz CT molecular complexity index is 511. The minimum Gasteiger partial charge on any atom is -0.461 e. The monoisotopic (exact) mass is 286 g/mol. The van der Waals surface area contributed by atoms with Crippen LogP contribution in [0.15, 0.2) is 65.6 Å². The van der Waals surface area contributed by atoms with Crippen molar-refractivity contribution in [3.05, 3.63) is 66.2 Å². The average molecular weight is 286 g/mol. The Kier molecular flexibility index (Phi) is 6.18.